The summed E-state index contributed by atoms with van der Waals surface area (Å²) < 4.78 is 104. The molecule has 3 aromatic rings. The van der Waals surface area contributed by atoms with Crippen molar-refractivity contribution in [1.82, 2.24) is 19.7 Å². The van der Waals surface area contributed by atoms with Gasteiger partial charge in [-0.3, -0.25) is 4.90 Å². The van der Waals surface area contributed by atoms with Crippen molar-refractivity contribution in [3.05, 3.63) is 59.9 Å². The van der Waals surface area contributed by atoms with Crippen LogP contribution in [0.3, 0.4) is 0 Å². The van der Waals surface area contributed by atoms with Crippen LogP contribution in [-0.4, -0.2) is 64.9 Å². The number of halogens is 2. The predicted molar refractivity (Wildman–Crippen MR) is 125 cm³/mol. The first-order valence-corrected chi connectivity index (χ1v) is 10.5. The zero-order chi connectivity index (χ0) is 30.0. The topological polar surface area (TPSA) is 58.5 Å². The van der Waals surface area contributed by atoms with Crippen LogP contribution in [0, 0.1) is 18.6 Å². The largest absolute Gasteiger partial charge is 0.380 e. The van der Waals surface area contributed by atoms with Crippen molar-refractivity contribution in [3.8, 4) is 5.69 Å². The molecule has 0 aliphatic carbocycles. The van der Waals surface area contributed by atoms with E-state index < -0.39 is 43.7 Å². The summed E-state index contributed by atoms with van der Waals surface area (Å²) in [5, 5.41) is 7.04. The maximum Gasteiger partial charge on any atom is 0.246 e. The predicted octanol–water partition coefficient (Wildman–Crippen LogP) is 4.14. The number of rotatable bonds is 5. The van der Waals surface area contributed by atoms with Gasteiger partial charge >= 0.3 is 0 Å². The maximum absolute atomic E-state index is 13.7. The Morgan fingerprint density at radius 3 is 2.58 bits per heavy atom. The van der Waals surface area contributed by atoms with Crippen molar-refractivity contribution in [2.75, 3.05) is 49.4 Å². The molecule has 9 heteroatoms. The fraction of sp³-hybridized carbons (Fsp3) is 0.417. The monoisotopic (exact) mass is 464 g/mol. The van der Waals surface area contributed by atoms with Crippen molar-refractivity contribution in [1.29, 1.82) is 0 Å². The standard InChI is InChI=1S/C24H28F2N6O.H2/c1-17-9-20(28-24-27-16-32(29-24)23-12-18(25)11-19(26)13-23)14-22(10-17)31-6-4-30(5-7-31)21-3-2-8-33-15-21;/h9-14,16,21H,2-8,15H2,1H3,(H,28,29);1H/i4D2,5D2,6D2,7D2;. The van der Waals surface area contributed by atoms with E-state index in [0.717, 1.165) is 22.9 Å². The molecule has 0 spiro atoms. The summed E-state index contributed by atoms with van der Waals surface area (Å²) in [6.45, 7) is -9.99. The zero-order valence-corrected chi connectivity index (χ0v) is 17.8. The first-order valence-electron chi connectivity index (χ1n) is 14.5. The van der Waals surface area contributed by atoms with Crippen LogP contribution >= 0.6 is 0 Å². The number of piperazine rings is 1. The van der Waals surface area contributed by atoms with Gasteiger partial charge in [0.1, 0.15) is 18.0 Å². The van der Waals surface area contributed by atoms with Crippen molar-refractivity contribution in [2.24, 2.45) is 0 Å². The Morgan fingerprint density at radius 1 is 1.06 bits per heavy atom. The van der Waals surface area contributed by atoms with Gasteiger partial charge in [-0.25, -0.2) is 13.5 Å². The van der Waals surface area contributed by atoms with Crippen molar-refractivity contribution in [3.63, 3.8) is 0 Å². The Hall–Kier alpha value is -3.04. The van der Waals surface area contributed by atoms with Gasteiger partial charge in [0.2, 0.25) is 5.95 Å². The molecule has 0 amide bonds. The van der Waals surface area contributed by atoms with Crippen LogP contribution in [0.5, 0.6) is 0 Å². The van der Waals surface area contributed by atoms with Crippen molar-refractivity contribution < 1.29 is 25.9 Å². The quantitative estimate of drug-likeness (QED) is 0.612. The Balaban J connectivity index is 0.00000405. The minimum Gasteiger partial charge on any atom is -0.380 e. The van der Waals surface area contributed by atoms with E-state index in [9.17, 15) is 8.78 Å². The lowest BCUT2D eigenvalue weighted by atomic mass is 10.1. The molecule has 3 heterocycles. The molecular weight excluding hydrogens is 426 g/mol. The number of aryl methyl sites for hydroxylation is 1. The third kappa shape index (κ3) is 5.15. The van der Waals surface area contributed by atoms with E-state index in [0.29, 0.717) is 34.8 Å². The minimum absolute atomic E-state index is 0. The molecule has 0 radical (unpaired) electrons. The lowest BCUT2D eigenvalue weighted by Crippen LogP contribution is -2.52. The molecular formula is C24H30F2N6O. The van der Waals surface area contributed by atoms with Crippen LogP contribution in [0.15, 0.2) is 42.7 Å². The molecule has 1 unspecified atom stereocenters. The molecule has 33 heavy (non-hydrogen) atoms. The average Bonchev–Trinajstić information content (AvgIpc) is 3.31. The number of hydrogen-bond donors (Lipinski definition) is 1. The smallest absolute Gasteiger partial charge is 0.246 e. The molecule has 2 fully saturated rings. The molecule has 5 rings (SSSR count). The first-order chi connectivity index (χ1) is 19.1. The van der Waals surface area contributed by atoms with Gasteiger partial charge in [-0.05, 0) is 55.7 Å². The van der Waals surface area contributed by atoms with Gasteiger partial charge in [-0.1, -0.05) is 0 Å². The summed E-state index contributed by atoms with van der Waals surface area (Å²) in [7, 11) is 0. The Morgan fingerprint density at radius 2 is 1.85 bits per heavy atom. The van der Waals surface area contributed by atoms with Crippen molar-refractivity contribution >= 4 is 17.3 Å². The van der Waals surface area contributed by atoms with Gasteiger partial charge in [-0.2, -0.15) is 4.98 Å². The molecule has 0 bridgehead atoms. The van der Waals surface area contributed by atoms with Crippen LogP contribution in [0.2, 0.25) is 0 Å². The molecule has 2 aliphatic heterocycles. The molecule has 0 saturated carbocycles. The van der Waals surface area contributed by atoms with Gasteiger partial charge in [0, 0.05) is 63.0 Å². The highest BCUT2D eigenvalue weighted by Crippen LogP contribution is 2.26. The molecule has 2 aromatic carbocycles. The highest BCUT2D eigenvalue weighted by Gasteiger charge is 2.26. The van der Waals surface area contributed by atoms with Crippen LogP contribution in [-0.2, 0) is 4.74 Å². The summed E-state index contributed by atoms with van der Waals surface area (Å²) in [5.41, 5.74) is 0.743. The highest BCUT2D eigenvalue weighted by molar-refractivity contribution is 5.64. The molecule has 1 atom stereocenters. The fourth-order valence-corrected chi connectivity index (χ4v) is 3.71. The fourth-order valence-electron chi connectivity index (χ4n) is 3.71. The van der Waals surface area contributed by atoms with Gasteiger partial charge in [-0.15, -0.1) is 5.10 Å². The molecule has 176 valence electrons. The molecule has 2 saturated heterocycles. The number of benzene rings is 2. The SMILES string of the molecule is [2H]C1([2H])N(c2cc(C)cc(Nc3ncn(-c4cc(F)cc(F)c4)n3)c2)C([2H])([2H])C([2H])([2H])N(C2CCCOC2)C1([2H])[2H].[HH]. The van der Waals surface area contributed by atoms with E-state index in [-0.39, 0.29) is 31.0 Å². The molecule has 1 aromatic heterocycles. The van der Waals surface area contributed by atoms with E-state index >= 15 is 0 Å². The minimum atomic E-state index is -3.04. The summed E-state index contributed by atoms with van der Waals surface area (Å²) in [6.07, 6.45) is 2.06. The van der Waals surface area contributed by atoms with E-state index in [1.165, 1.54) is 18.5 Å². The van der Waals surface area contributed by atoms with Gasteiger partial charge < -0.3 is 15.0 Å². The van der Waals surface area contributed by atoms with E-state index in [4.69, 9.17) is 15.7 Å². The van der Waals surface area contributed by atoms with Crippen LogP contribution in [0.25, 0.3) is 5.69 Å². The second kappa shape index (κ2) is 9.44. The van der Waals surface area contributed by atoms with Crippen LogP contribution in [0.1, 0.15) is 30.8 Å². The number of nitrogens with one attached hydrogen (secondary N) is 1. The summed E-state index contributed by atoms with van der Waals surface area (Å²) in [6, 6.07) is 6.36. The number of ether oxygens (including phenoxy) is 1. The lowest BCUT2D eigenvalue weighted by Gasteiger charge is -2.41. The first kappa shape index (κ1) is 14.3. The van der Waals surface area contributed by atoms with Crippen LogP contribution < -0.4 is 10.2 Å². The number of anilines is 3. The number of nitrogens with zero attached hydrogens (tertiary/aromatic N) is 5. The third-order valence-electron chi connectivity index (χ3n) is 5.25. The second-order valence-electron chi connectivity index (χ2n) is 7.85. The van der Waals surface area contributed by atoms with E-state index in [1.807, 2.05) is 0 Å². The second-order valence-corrected chi connectivity index (χ2v) is 7.85. The summed E-state index contributed by atoms with van der Waals surface area (Å²) in [5.74, 6) is -1.59. The number of aromatic nitrogens is 3. The molecule has 2 aliphatic rings. The average molecular weight is 465 g/mol. The van der Waals surface area contributed by atoms with Crippen LogP contribution in [0.4, 0.5) is 26.1 Å². The third-order valence-corrected chi connectivity index (χ3v) is 5.25. The number of hydrogen-bond acceptors (Lipinski definition) is 6. The van der Waals surface area contributed by atoms with Gasteiger partial charge in [0.15, 0.2) is 0 Å². The normalized spacial score (nSPS) is 29.3. The van der Waals surface area contributed by atoms with E-state index in [2.05, 4.69) is 15.4 Å². The Bertz CT molecular complexity index is 1400. The highest BCUT2D eigenvalue weighted by atomic mass is 19.1. The molecule has 1 N–H and O–H groups in total. The zero-order valence-electron chi connectivity index (χ0n) is 25.8. The maximum atomic E-state index is 13.7. The van der Waals surface area contributed by atoms with Gasteiger partial charge in [0.05, 0.1) is 17.8 Å². The van der Waals surface area contributed by atoms with E-state index in [1.54, 1.807) is 13.0 Å². The Labute approximate surface area is 204 Å². The van der Waals surface area contributed by atoms with Gasteiger partial charge in [0.25, 0.3) is 0 Å². The van der Waals surface area contributed by atoms with Crippen molar-refractivity contribution in [2.45, 2.75) is 25.8 Å². The molecule has 7 nitrogen and oxygen atoms in total. The summed E-state index contributed by atoms with van der Waals surface area (Å²) in [4.78, 5) is 5.23. The lowest BCUT2D eigenvalue weighted by molar-refractivity contribution is 0.0159. The Kier molecular flexibility index (Phi) is 4.08. The summed E-state index contributed by atoms with van der Waals surface area (Å²) >= 11 is 0.